The molecule has 4 rings (SSSR count). The Morgan fingerprint density at radius 3 is 2.69 bits per heavy atom. The Morgan fingerprint density at radius 2 is 2.00 bits per heavy atom. The number of aryl methyl sites for hydroxylation is 1. The molecule has 1 aromatic heterocycles. The molecule has 26 heavy (non-hydrogen) atoms. The Hall–Kier alpha value is -2.70. The first kappa shape index (κ1) is 16.8. The van der Waals surface area contributed by atoms with Gasteiger partial charge in [0.05, 0.1) is 17.1 Å². The van der Waals surface area contributed by atoms with Crippen LogP contribution in [0.15, 0.2) is 48.5 Å². The first-order valence-electron chi connectivity index (χ1n) is 8.84. The number of amides is 1. The summed E-state index contributed by atoms with van der Waals surface area (Å²) >= 11 is 0. The topological polar surface area (TPSA) is 82.2 Å². The van der Waals surface area contributed by atoms with Crippen molar-refractivity contribution in [1.29, 1.82) is 0 Å². The molecule has 6 nitrogen and oxygen atoms in total. The highest BCUT2D eigenvalue weighted by molar-refractivity contribution is 5.94. The van der Waals surface area contributed by atoms with Gasteiger partial charge in [-0.2, -0.15) is 0 Å². The molecule has 0 unspecified atom stereocenters. The Labute approximate surface area is 152 Å². The van der Waals surface area contributed by atoms with Gasteiger partial charge in [-0.3, -0.25) is 4.79 Å². The molecule has 3 aromatic rings. The standard InChI is InChI=1S/C20H22N4O2/c1-24-17-5-3-2-4-16(17)23-19(24)13-6-8-14(9-7-13)22-20(25)18-11-10-15(12-21)26-18/h2-9,15,18H,10-12,21H2,1H3,(H,22,25)/t15-,18+/m1/s1. The van der Waals surface area contributed by atoms with Gasteiger partial charge in [-0.15, -0.1) is 0 Å². The molecule has 2 aromatic carbocycles. The number of anilines is 1. The second-order valence-corrected chi connectivity index (χ2v) is 6.61. The number of nitrogens with two attached hydrogens (primary N) is 1. The van der Waals surface area contributed by atoms with Gasteiger partial charge in [-0.1, -0.05) is 12.1 Å². The second-order valence-electron chi connectivity index (χ2n) is 6.61. The maximum Gasteiger partial charge on any atom is 0.253 e. The molecule has 1 fully saturated rings. The lowest BCUT2D eigenvalue weighted by Gasteiger charge is -2.13. The number of nitrogens with zero attached hydrogens (tertiary/aromatic N) is 2. The first-order chi connectivity index (χ1) is 12.7. The van der Waals surface area contributed by atoms with E-state index in [1.54, 1.807) is 0 Å². The number of carbonyl (C=O) groups excluding carboxylic acids is 1. The van der Waals surface area contributed by atoms with E-state index in [2.05, 4.69) is 16.0 Å². The highest BCUT2D eigenvalue weighted by Crippen LogP contribution is 2.25. The van der Waals surface area contributed by atoms with Crippen LogP contribution >= 0.6 is 0 Å². The van der Waals surface area contributed by atoms with Crippen LogP contribution in [0.1, 0.15) is 12.8 Å². The van der Waals surface area contributed by atoms with Crippen LogP contribution in [0.3, 0.4) is 0 Å². The number of rotatable bonds is 4. The number of ether oxygens (including phenoxy) is 1. The molecule has 3 N–H and O–H groups in total. The number of hydrogen-bond donors (Lipinski definition) is 2. The lowest BCUT2D eigenvalue weighted by Crippen LogP contribution is -2.29. The Balaban J connectivity index is 1.50. The summed E-state index contributed by atoms with van der Waals surface area (Å²) in [7, 11) is 2.01. The van der Waals surface area contributed by atoms with Crippen molar-refractivity contribution in [3.8, 4) is 11.4 Å². The maximum atomic E-state index is 12.3. The van der Waals surface area contributed by atoms with Crippen LogP contribution < -0.4 is 11.1 Å². The number of benzene rings is 2. The van der Waals surface area contributed by atoms with Gasteiger partial charge in [-0.05, 0) is 49.2 Å². The van der Waals surface area contributed by atoms with Crippen molar-refractivity contribution >= 4 is 22.6 Å². The number of para-hydroxylation sites is 2. The number of hydrogen-bond acceptors (Lipinski definition) is 4. The summed E-state index contributed by atoms with van der Waals surface area (Å²) < 4.78 is 7.71. The van der Waals surface area contributed by atoms with E-state index in [0.717, 1.165) is 34.5 Å². The molecule has 2 heterocycles. The Bertz CT molecular complexity index is 933. The molecule has 0 bridgehead atoms. The molecule has 6 heteroatoms. The molecule has 2 atom stereocenters. The van der Waals surface area contributed by atoms with E-state index in [4.69, 9.17) is 15.5 Å². The zero-order valence-electron chi connectivity index (χ0n) is 14.7. The fraction of sp³-hybridized carbons (Fsp3) is 0.300. The van der Waals surface area contributed by atoms with Crippen molar-refractivity contribution in [2.24, 2.45) is 12.8 Å². The monoisotopic (exact) mass is 350 g/mol. The van der Waals surface area contributed by atoms with Gasteiger partial charge in [0.1, 0.15) is 11.9 Å². The van der Waals surface area contributed by atoms with Gasteiger partial charge >= 0.3 is 0 Å². The third-order valence-corrected chi connectivity index (χ3v) is 4.86. The van der Waals surface area contributed by atoms with Crippen LogP contribution in [0.4, 0.5) is 5.69 Å². The van der Waals surface area contributed by atoms with E-state index >= 15 is 0 Å². The van der Waals surface area contributed by atoms with Crippen LogP contribution in [0.2, 0.25) is 0 Å². The molecule has 0 radical (unpaired) electrons. The summed E-state index contributed by atoms with van der Waals surface area (Å²) in [5.41, 5.74) is 9.40. The molecular formula is C20H22N4O2. The van der Waals surface area contributed by atoms with Crippen LogP contribution in [0, 0.1) is 0 Å². The van der Waals surface area contributed by atoms with E-state index in [9.17, 15) is 4.79 Å². The van der Waals surface area contributed by atoms with E-state index in [-0.39, 0.29) is 12.0 Å². The number of fused-ring (bicyclic) bond motifs is 1. The quantitative estimate of drug-likeness (QED) is 0.758. The molecule has 1 amide bonds. The summed E-state index contributed by atoms with van der Waals surface area (Å²) in [6.45, 7) is 0.455. The summed E-state index contributed by atoms with van der Waals surface area (Å²) in [5, 5.41) is 2.92. The van der Waals surface area contributed by atoms with Crippen molar-refractivity contribution in [3.05, 3.63) is 48.5 Å². The smallest absolute Gasteiger partial charge is 0.253 e. The summed E-state index contributed by atoms with van der Waals surface area (Å²) in [4.78, 5) is 17.0. The summed E-state index contributed by atoms with van der Waals surface area (Å²) in [6.07, 6.45) is 1.13. The fourth-order valence-corrected chi connectivity index (χ4v) is 3.40. The van der Waals surface area contributed by atoms with Gasteiger partial charge in [0, 0.05) is 24.8 Å². The molecule has 0 saturated carbocycles. The largest absolute Gasteiger partial charge is 0.364 e. The average Bonchev–Trinajstić information content (AvgIpc) is 3.28. The highest BCUT2D eigenvalue weighted by Gasteiger charge is 2.29. The maximum absolute atomic E-state index is 12.3. The Morgan fingerprint density at radius 1 is 1.23 bits per heavy atom. The minimum absolute atomic E-state index is 0.00864. The lowest BCUT2D eigenvalue weighted by molar-refractivity contribution is -0.126. The number of carbonyl (C=O) groups is 1. The van der Waals surface area contributed by atoms with Crippen molar-refractivity contribution in [1.82, 2.24) is 9.55 Å². The van der Waals surface area contributed by atoms with Crippen LogP contribution in [0.25, 0.3) is 22.4 Å². The number of aromatic nitrogens is 2. The molecule has 1 saturated heterocycles. The molecule has 1 aliphatic heterocycles. The van der Waals surface area contributed by atoms with E-state index < -0.39 is 6.10 Å². The third kappa shape index (κ3) is 3.09. The predicted molar refractivity (Wildman–Crippen MR) is 102 cm³/mol. The van der Waals surface area contributed by atoms with E-state index in [1.165, 1.54) is 0 Å². The first-order valence-corrected chi connectivity index (χ1v) is 8.84. The number of nitrogens with one attached hydrogen (secondary N) is 1. The zero-order valence-corrected chi connectivity index (χ0v) is 14.7. The van der Waals surface area contributed by atoms with Gasteiger partial charge in [0.25, 0.3) is 5.91 Å². The van der Waals surface area contributed by atoms with E-state index in [1.807, 2.05) is 49.5 Å². The number of imidazole rings is 1. The highest BCUT2D eigenvalue weighted by atomic mass is 16.5. The zero-order chi connectivity index (χ0) is 18.1. The summed E-state index contributed by atoms with van der Waals surface area (Å²) in [5.74, 6) is 0.783. The third-order valence-electron chi connectivity index (χ3n) is 4.86. The van der Waals surface area contributed by atoms with E-state index in [0.29, 0.717) is 13.0 Å². The second kappa shape index (κ2) is 6.90. The minimum atomic E-state index is -0.414. The average molecular weight is 350 g/mol. The van der Waals surface area contributed by atoms with Crippen LogP contribution in [0.5, 0.6) is 0 Å². The normalized spacial score (nSPS) is 19.8. The minimum Gasteiger partial charge on any atom is -0.364 e. The van der Waals surface area contributed by atoms with Crippen molar-refractivity contribution in [2.75, 3.05) is 11.9 Å². The summed E-state index contributed by atoms with van der Waals surface area (Å²) in [6, 6.07) is 15.8. The molecule has 0 aliphatic carbocycles. The van der Waals surface area contributed by atoms with Crippen molar-refractivity contribution in [2.45, 2.75) is 25.0 Å². The van der Waals surface area contributed by atoms with Crippen LogP contribution in [-0.2, 0) is 16.6 Å². The van der Waals surface area contributed by atoms with Gasteiger partial charge in [0.15, 0.2) is 0 Å². The van der Waals surface area contributed by atoms with Gasteiger partial charge in [-0.25, -0.2) is 4.98 Å². The lowest BCUT2D eigenvalue weighted by atomic mass is 10.1. The fourth-order valence-electron chi connectivity index (χ4n) is 3.40. The molecular weight excluding hydrogens is 328 g/mol. The van der Waals surface area contributed by atoms with Crippen LogP contribution in [-0.4, -0.2) is 34.2 Å². The SMILES string of the molecule is Cn1c(-c2ccc(NC(=O)[C@@H]3CC[C@H](CN)O3)cc2)nc2ccccc21. The van der Waals surface area contributed by atoms with Crippen molar-refractivity contribution in [3.63, 3.8) is 0 Å². The molecule has 1 aliphatic rings. The Kier molecular flexibility index (Phi) is 4.44. The predicted octanol–water partition coefficient (Wildman–Crippen LogP) is 2.69. The molecule has 134 valence electrons. The van der Waals surface area contributed by atoms with Crippen molar-refractivity contribution < 1.29 is 9.53 Å². The van der Waals surface area contributed by atoms with Gasteiger partial charge < -0.3 is 20.4 Å². The van der Waals surface area contributed by atoms with Gasteiger partial charge in [0.2, 0.25) is 0 Å². The molecule has 0 spiro atoms.